The van der Waals surface area contributed by atoms with Crippen molar-refractivity contribution in [3.63, 3.8) is 0 Å². The highest BCUT2D eigenvalue weighted by molar-refractivity contribution is 7.16. The van der Waals surface area contributed by atoms with Gasteiger partial charge in [0.25, 0.3) is 5.91 Å². The summed E-state index contributed by atoms with van der Waals surface area (Å²) in [5.74, 6) is 0.480. The van der Waals surface area contributed by atoms with E-state index in [1.54, 1.807) is 11.3 Å². The highest BCUT2D eigenvalue weighted by Gasteiger charge is 2.24. The van der Waals surface area contributed by atoms with Crippen molar-refractivity contribution >= 4 is 27.9 Å². The largest absolute Gasteiger partial charge is 0.378 e. The van der Waals surface area contributed by atoms with Crippen LogP contribution in [-0.2, 0) is 12.8 Å². The lowest BCUT2D eigenvalue weighted by molar-refractivity contribution is 0.102. The average molecular weight is 339 g/mol. The monoisotopic (exact) mass is 339 g/mol. The predicted octanol–water partition coefficient (Wildman–Crippen LogP) is 4.06. The fraction of sp³-hybridized carbons (Fsp3) is 0.368. The van der Waals surface area contributed by atoms with E-state index in [4.69, 9.17) is 0 Å². The molecule has 0 spiro atoms. The Balaban J connectivity index is 1.83. The number of carbonyl (C=O) groups is 1. The highest BCUT2D eigenvalue weighted by atomic mass is 32.1. The molecular formula is C19H21N3OS. The number of rotatable bonds is 3. The van der Waals surface area contributed by atoms with Gasteiger partial charge in [0.05, 0.1) is 5.56 Å². The zero-order valence-corrected chi connectivity index (χ0v) is 15.0. The quantitative estimate of drug-likeness (QED) is 0.917. The minimum Gasteiger partial charge on any atom is -0.378 e. The summed E-state index contributed by atoms with van der Waals surface area (Å²) in [4.78, 5) is 15.8. The number of fused-ring (bicyclic) bond motifs is 1. The molecule has 0 radical (unpaired) electrons. The third kappa shape index (κ3) is 3.15. The molecule has 1 aromatic carbocycles. The van der Waals surface area contributed by atoms with Crippen LogP contribution in [0.1, 0.15) is 39.7 Å². The van der Waals surface area contributed by atoms with Crippen LogP contribution in [0.3, 0.4) is 0 Å². The van der Waals surface area contributed by atoms with Crippen molar-refractivity contribution in [2.24, 2.45) is 5.92 Å². The standard InChI is InChI=1S/C19H21N3OS/c1-12-4-9-15-16(11-20)19(24-17(15)10-12)21-18(23)13-5-7-14(8-6-13)22(2)3/h5-8,12H,4,9-10H2,1-3H3,(H,21,23)/t12-/m1/s1. The number of thiophene rings is 1. The normalized spacial score (nSPS) is 16.2. The molecular weight excluding hydrogens is 318 g/mol. The summed E-state index contributed by atoms with van der Waals surface area (Å²) in [5, 5.41) is 13.1. The Morgan fingerprint density at radius 3 is 2.67 bits per heavy atom. The van der Waals surface area contributed by atoms with Crippen LogP contribution >= 0.6 is 11.3 Å². The second-order valence-corrected chi connectivity index (χ2v) is 7.67. The summed E-state index contributed by atoms with van der Waals surface area (Å²) >= 11 is 1.56. The molecule has 0 saturated heterocycles. The van der Waals surface area contributed by atoms with E-state index >= 15 is 0 Å². The van der Waals surface area contributed by atoms with Gasteiger partial charge in [-0.25, -0.2) is 0 Å². The van der Waals surface area contributed by atoms with E-state index in [1.807, 2.05) is 43.3 Å². The van der Waals surface area contributed by atoms with Gasteiger partial charge >= 0.3 is 0 Å². The Kier molecular flexibility index (Phi) is 4.59. The molecule has 24 heavy (non-hydrogen) atoms. The Bertz CT molecular complexity index is 799. The molecule has 0 unspecified atom stereocenters. The van der Waals surface area contributed by atoms with Crippen LogP contribution in [0, 0.1) is 17.2 Å². The SMILES string of the molecule is C[C@@H]1CCc2c(sc(NC(=O)c3ccc(N(C)C)cc3)c2C#N)C1. The fourth-order valence-corrected chi connectivity index (χ4v) is 4.40. The molecule has 0 saturated carbocycles. The molecule has 0 fully saturated rings. The first-order valence-electron chi connectivity index (χ1n) is 8.13. The number of hydrogen-bond acceptors (Lipinski definition) is 4. The predicted molar refractivity (Wildman–Crippen MR) is 98.9 cm³/mol. The first-order valence-corrected chi connectivity index (χ1v) is 8.94. The average Bonchev–Trinajstić information content (AvgIpc) is 2.90. The van der Waals surface area contributed by atoms with Gasteiger partial charge in [-0.2, -0.15) is 5.26 Å². The van der Waals surface area contributed by atoms with Gasteiger partial charge in [-0.1, -0.05) is 6.92 Å². The van der Waals surface area contributed by atoms with E-state index in [0.29, 0.717) is 22.0 Å². The summed E-state index contributed by atoms with van der Waals surface area (Å²) in [6, 6.07) is 9.75. The summed E-state index contributed by atoms with van der Waals surface area (Å²) in [6.07, 6.45) is 3.04. The van der Waals surface area contributed by atoms with Crippen LogP contribution in [0.25, 0.3) is 0 Å². The van der Waals surface area contributed by atoms with Crippen molar-refractivity contribution < 1.29 is 4.79 Å². The van der Waals surface area contributed by atoms with Gasteiger partial charge in [-0.3, -0.25) is 4.79 Å². The minimum absolute atomic E-state index is 0.163. The second kappa shape index (κ2) is 6.66. The molecule has 0 bridgehead atoms. The topological polar surface area (TPSA) is 56.1 Å². The summed E-state index contributed by atoms with van der Waals surface area (Å²) in [5.41, 5.74) is 3.44. The van der Waals surface area contributed by atoms with Crippen molar-refractivity contribution in [2.45, 2.75) is 26.2 Å². The molecule has 124 valence electrons. The summed E-state index contributed by atoms with van der Waals surface area (Å²) in [7, 11) is 3.93. The Morgan fingerprint density at radius 2 is 2.04 bits per heavy atom. The Labute approximate surface area is 146 Å². The molecule has 5 heteroatoms. The number of nitrogens with zero attached hydrogens (tertiary/aromatic N) is 2. The Hall–Kier alpha value is -2.32. The van der Waals surface area contributed by atoms with E-state index in [1.165, 1.54) is 4.88 Å². The van der Waals surface area contributed by atoms with Gasteiger partial charge in [0.1, 0.15) is 11.1 Å². The van der Waals surface area contributed by atoms with Crippen LogP contribution in [0.4, 0.5) is 10.7 Å². The number of anilines is 2. The van der Waals surface area contributed by atoms with Gasteiger partial charge in [0.15, 0.2) is 0 Å². The molecule has 3 rings (SSSR count). The third-order valence-electron chi connectivity index (χ3n) is 4.50. The molecule has 4 nitrogen and oxygen atoms in total. The number of amides is 1. The molecule has 0 aliphatic heterocycles. The number of hydrogen-bond donors (Lipinski definition) is 1. The van der Waals surface area contributed by atoms with Crippen LogP contribution < -0.4 is 10.2 Å². The van der Waals surface area contributed by atoms with Gasteiger partial charge in [0, 0.05) is 30.2 Å². The van der Waals surface area contributed by atoms with Crippen LogP contribution in [0.5, 0.6) is 0 Å². The third-order valence-corrected chi connectivity index (χ3v) is 5.67. The second-order valence-electron chi connectivity index (χ2n) is 6.56. The lowest BCUT2D eigenvalue weighted by atomic mass is 9.88. The van der Waals surface area contributed by atoms with Gasteiger partial charge in [-0.15, -0.1) is 11.3 Å². The lowest BCUT2D eigenvalue weighted by Gasteiger charge is -2.17. The summed E-state index contributed by atoms with van der Waals surface area (Å²) < 4.78 is 0. The zero-order chi connectivity index (χ0) is 17.3. The number of benzene rings is 1. The molecule has 1 N–H and O–H groups in total. The van der Waals surface area contributed by atoms with Gasteiger partial charge < -0.3 is 10.2 Å². The summed E-state index contributed by atoms with van der Waals surface area (Å²) in [6.45, 7) is 2.24. The molecule has 1 aromatic heterocycles. The van der Waals surface area contributed by atoms with Crippen molar-refractivity contribution in [3.8, 4) is 6.07 Å². The Morgan fingerprint density at radius 1 is 1.33 bits per heavy atom. The van der Waals surface area contributed by atoms with Crippen molar-refractivity contribution in [3.05, 3.63) is 45.8 Å². The first-order chi connectivity index (χ1) is 11.5. The maximum atomic E-state index is 12.5. The molecule has 1 aliphatic carbocycles. The van der Waals surface area contributed by atoms with E-state index in [-0.39, 0.29) is 5.91 Å². The van der Waals surface area contributed by atoms with E-state index < -0.39 is 0 Å². The van der Waals surface area contributed by atoms with Crippen LogP contribution in [-0.4, -0.2) is 20.0 Å². The smallest absolute Gasteiger partial charge is 0.256 e. The van der Waals surface area contributed by atoms with Crippen molar-refractivity contribution in [2.75, 3.05) is 24.3 Å². The van der Waals surface area contributed by atoms with Gasteiger partial charge in [0.2, 0.25) is 0 Å². The maximum Gasteiger partial charge on any atom is 0.256 e. The number of nitrogens with one attached hydrogen (secondary N) is 1. The van der Waals surface area contributed by atoms with Crippen LogP contribution in [0.15, 0.2) is 24.3 Å². The fourth-order valence-electron chi connectivity index (χ4n) is 3.04. The van der Waals surface area contributed by atoms with E-state index in [9.17, 15) is 10.1 Å². The van der Waals surface area contributed by atoms with E-state index in [0.717, 1.165) is 30.5 Å². The molecule has 1 aliphatic rings. The van der Waals surface area contributed by atoms with Gasteiger partial charge in [-0.05, 0) is 55.0 Å². The van der Waals surface area contributed by atoms with Crippen molar-refractivity contribution in [1.29, 1.82) is 5.26 Å². The molecule has 2 aromatic rings. The molecule has 1 amide bonds. The highest BCUT2D eigenvalue weighted by Crippen LogP contribution is 2.39. The maximum absolute atomic E-state index is 12.5. The lowest BCUT2D eigenvalue weighted by Crippen LogP contribution is -2.13. The van der Waals surface area contributed by atoms with Crippen LogP contribution in [0.2, 0.25) is 0 Å². The molecule has 1 heterocycles. The van der Waals surface area contributed by atoms with E-state index in [2.05, 4.69) is 18.3 Å². The molecule has 1 atom stereocenters. The minimum atomic E-state index is -0.163. The number of carbonyl (C=O) groups excluding carboxylic acids is 1. The number of nitriles is 1. The van der Waals surface area contributed by atoms with Crippen molar-refractivity contribution in [1.82, 2.24) is 0 Å². The zero-order valence-electron chi connectivity index (χ0n) is 14.2. The first kappa shape index (κ1) is 16.5.